The molecule has 4 nitrogen and oxygen atoms in total. The Kier molecular flexibility index (Phi) is 4.62. The minimum absolute atomic E-state index is 0.438. The molecule has 2 heterocycles. The van der Waals surface area contributed by atoms with Gasteiger partial charge in [0, 0.05) is 17.8 Å². The Morgan fingerprint density at radius 1 is 1.14 bits per heavy atom. The minimum atomic E-state index is 0.438. The van der Waals surface area contributed by atoms with Crippen LogP contribution in [-0.2, 0) is 19.4 Å². The van der Waals surface area contributed by atoms with Crippen LogP contribution in [0.1, 0.15) is 28.2 Å². The molecule has 0 bridgehead atoms. The number of nitrogens with zero attached hydrogens (tertiary/aromatic N) is 4. The number of benzene rings is 1. The van der Waals surface area contributed by atoms with Crippen molar-refractivity contribution >= 4 is 11.3 Å². The normalized spacial score (nSPS) is 10.5. The molecule has 0 aliphatic heterocycles. The van der Waals surface area contributed by atoms with Gasteiger partial charge >= 0.3 is 0 Å². The zero-order valence-electron chi connectivity index (χ0n) is 12.1. The molecule has 0 fully saturated rings. The Morgan fingerprint density at radius 2 is 2.00 bits per heavy atom. The number of nitriles is 1. The van der Waals surface area contributed by atoms with E-state index in [1.165, 1.54) is 10.4 Å². The SMILES string of the molecule is N#Cc1nnn(CCCc2ccccc2)c1Cc1cccs1. The van der Waals surface area contributed by atoms with Crippen molar-refractivity contribution in [1.29, 1.82) is 5.26 Å². The van der Waals surface area contributed by atoms with Gasteiger partial charge in [-0.2, -0.15) is 5.26 Å². The van der Waals surface area contributed by atoms with Crippen LogP contribution in [0.4, 0.5) is 0 Å². The van der Waals surface area contributed by atoms with Gasteiger partial charge in [0.1, 0.15) is 6.07 Å². The third-order valence-corrected chi connectivity index (χ3v) is 4.42. The molecule has 0 saturated carbocycles. The highest BCUT2D eigenvalue weighted by atomic mass is 32.1. The van der Waals surface area contributed by atoms with Gasteiger partial charge in [-0.1, -0.05) is 41.6 Å². The molecule has 3 aromatic rings. The van der Waals surface area contributed by atoms with Crippen molar-refractivity contribution in [1.82, 2.24) is 15.0 Å². The Morgan fingerprint density at radius 3 is 2.73 bits per heavy atom. The van der Waals surface area contributed by atoms with Crippen LogP contribution in [0.3, 0.4) is 0 Å². The molecule has 0 aliphatic carbocycles. The zero-order valence-corrected chi connectivity index (χ0v) is 13.0. The maximum atomic E-state index is 9.20. The third-order valence-electron chi connectivity index (χ3n) is 3.54. The first kappa shape index (κ1) is 14.5. The molecule has 0 radical (unpaired) electrons. The lowest BCUT2D eigenvalue weighted by Gasteiger charge is -2.06. The number of aryl methyl sites for hydroxylation is 2. The molecule has 0 atom stereocenters. The van der Waals surface area contributed by atoms with Crippen molar-refractivity contribution in [3.05, 3.63) is 69.7 Å². The van der Waals surface area contributed by atoms with Crippen molar-refractivity contribution in [2.75, 3.05) is 0 Å². The van der Waals surface area contributed by atoms with E-state index in [4.69, 9.17) is 0 Å². The van der Waals surface area contributed by atoms with Crippen molar-refractivity contribution in [3.63, 3.8) is 0 Å². The van der Waals surface area contributed by atoms with Crippen molar-refractivity contribution < 1.29 is 0 Å². The van der Waals surface area contributed by atoms with Crippen LogP contribution in [0.15, 0.2) is 47.8 Å². The first-order chi connectivity index (χ1) is 10.9. The third kappa shape index (κ3) is 3.41. The summed E-state index contributed by atoms with van der Waals surface area (Å²) >= 11 is 1.69. The van der Waals surface area contributed by atoms with Crippen LogP contribution >= 0.6 is 11.3 Å². The molecule has 1 aromatic carbocycles. The summed E-state index contributed by atoms with van der Waals surface area (Å²) < 4.78 is 1.88. The molecule has 0 N–H and O–H groups in total. The summed E-state index contributed by atoms with van der Waals surface area (Å²) in [6.07, 6.45) is 2.70. The smallest absolute Gasteiger partial charge is 0.186 e. The second-order valence-electron chi connectivity index (χ2n) is 5.06. The summed E-state index contributed by atoms with van der Waals surface area (Å²) in [6, 6.07) is 16.7. The Labute approximate surface area is 133 Å². The van der Waals surface area contributed by atoms with Crippen LogP contribution in [-0.4, -0.2) is 15.0 Å². The van der Waals surface area contributed by atoms with E-state index in [1.54, 1.807) is 11.3 Å². The number of rotatable bonds is 6. The molecule has 0 spiro atoms. The summed E-state index contributed by atoms with van der Waals surface area (Å²) in [7, 11) is 0. The average molecular weight is 308 g/mol. The average Bonchev–Trinajstić information content (AvgIpc) is 3.19. The molecular weight excluding hydrogens is 292 g/mol. The summed E-state index contributed by atoms with van der Waals surface area (Å²) in [6.45, 7) is 0.782. The molecule has 110 valence electrons. The van der Waals surface area contributed by atoms with Crippen LogP contribution in [0.2, 0.25) is 0 Å². The van der Waals surface area contributed by atoms with Crippen molar-refractivity contribution in [3.8, 4) is 6.07 Å². The molecule has 2 aromatic heterocycles. The van der Waals surface area contributed by atoms with Crippen LogP contribution in [0.25, 0.3) is 0 Å². The lowest BCUT2D eigenvalue weighted by molar-refractivity contribution is 0.542. The molecule has 0 unspecified atom stereocenters. The van der Waals surface area contributed by atoms with Crippen LogP contribution < -0.4 is 0 Å². The van der Waals surface area contributed by atoms with Gasteiger partial charge in [0.05, 0.1) is 5.69 Å². The first-order valence-electron chi connectivity index (χ1n) is 7.25. The highest BCUT2D eigenvalue weighted by Gasteiger charge is 2.13. The summed E-state index contributed by atoms with van der Waals surface area (Å²) in [5.74, 6) is 0. The maximum Gasteiger partial charge on any atom is 0.186 e. The highest BCUT2D eigenvalue weighted by Crippen LogP contribution is 2.17. The Bertz CT molecular complexity index is 754. The van der Waals surface area contributed by atoms with E-state index in [9.17, 15) is 5.26 Å². The standard InChI is InChI=1S/C17H16N4S/c18-13-16-17(12-15-9-5-11-22-15)21(20-19-16)10-4-8-14-6-2-1-3-7-14/h1-3,5-7,9,11H,4,8,10,12H2. The second kappa shape index (κ2) is 7.01. The lowest BCUT2D eigenvalue weighted by Crippen LogP contribution is -2.07. The van der Waals surface area contributed by atoms with Gasteiger partial charge in [0.25, 0.3) is 0 Å². The van der Waals surface area contributed by atoms with Crippen LogP contribution in [0, 0.1) is 11.3 Å². The van der Waals surface area contributed by atoms with Gasteiger partial charge in [-0.05, 0) is 29.9 Å². The maximum absolute atomic E-state index is 9.20. The van der Waals surface area contributed by atoms with E-state index in [-0.39, 0.29) is 0 Å². The van der Waals surface area contributed by atoms with Crippen molar-refractivity contribution in [2.24, 2.45) is 0 Å². The molecule has 22 heavy (non-hydrogen) atoms. The number of hydrogen-bond donors (Lipinski definition) is 0. The van der Waals surface area contributed by atoms with Gasteiger partial charge < -0.3 is 0 Å². The first-order valence-corrected chi connectivity index (χ1v) is 8.13. The van der Waals surface area contributed by atoms with Gasteiger partial charge in [0.2, 0.25) is 0 Å². The van der Waals surface area contributed by atoms with Gasteiger partial charge in [0.15, 0.2) is 5.69 Å². The summed E-state index contributed by atoms with van der Waals surface area (Å²) in [4.78, 5) is 1.23. The lowest BCUT2D eigenvalue weighted by atomic mass is 10.1. The van der Waals surface area contributed by atoms with Crippen LogP contribution in [0.5, 0.6) is 0 Å². The minimum Gasteiger partial charge on any atom is -0.248 e. The monoisotopic (exact) mass is 308 g/mol. The summed E-state index contributed by atoms with van der Waals surface area (Å²) in [5, 5.41) is 19.4. The highest BCUT2D eigenvalue weighted by molar-refractivity contribution is 7.09. The number of hydrogen-bond acceptors (Lipinski definition) is 4. The van der Waals surface area contributed by atoms with Crippen molar-refractivity contribution in [2.45, 2.75) is 25.8 Å². The molecule has 0 saturated heterocycles. The molecule has 5 heteroatoms. The molecule has 0 aliphatic rings. The predicted molar refractivity (Wildman–Crippen MR) is 86.6 cm³/mol. The van der Waals surface area contributed by atoms with E-state index in [0.717, 1.165) is 31.5 Å². The fourth-order valence-corrected chi connectivity index (χ4v) is 3.14. The largest absolute Gasteiger partial charge is 0.248 e. The molecule has 0 amide bonds. The zero-order chi connectivity index (χ0) is 15.2. The second-order valence-corrected chi connectivity index (χ2v) is 6.10. The fourth-order valence-electron chi connectivity index (χ4n) is 2.43. The number of thiophene rings is 1. The Balaban J connectivity index is 1.68. The Hall–Kier alpha value is -2.45. The van der Waals surface area contributed by atoms with E-state index >= 15 is 0 Å². The van der Waals surface area contributed by atoms with Gasteiger partial charge in [-0.25, -0.2) is 4.68 Å². The molecular formula is C17H16N4S. The molecule has 3 rings (SSSR count). The van der Waals surface area contributed by atoms with Gasteiger partial charge in [-0.3, -0.25) is 0 Å². The summed E-state index contributed by atoms with van der Waals surface area (Å²) in [5.41, 5.74) is 2.68. The topological polar surface area (TPSA) is 54.5 Å². The van der Waals surface area contributed by atoms with E-state index < -0.39 is 0 Å². The van der Waals surface area contributed by atoms with E-state index in [2.05, 4.69) is 46.7 Å². The van der Waals surface area contributed by atoms with E-state index in [0.29, 0.717) is 5.69 Å². The van der Waals surface area contributed by atoms with Gasteiger partial charge in [-0.15, -0.1) is 16.4 Å². The predicted octanol–water partition coefficient (Wildman–Crippen LogP) is 3.43. The fraction of sp³-hybridized carbons (Fsp3) is 0.235. The quantitative estimate of drug-likeness (QED) is 0.701. The number of aromatic nitrogens is 3. The van der Waals surface area contributed by atoms with E-state index in [1.807, 2.05) is 22.2 Å².